The van der Waals surface area contributed by atoms with Crippen LogP contribution < -0.4 is 5.32 Å². The highest BCUT2D eigenvalue weighted by Crippen LogP contribution is 2.23. The molecule has 1 unspecified atom stereocenters. The maximum absolute atomic E-state index is 11.3. The van der Waals surface area contributed by atoms with Crippen LogP contribution in [-0.4, -0.2) is 28.1 Å². The van der Waals surface area contributed by atoms with Crippen LogP contribution in [0.5, 0.6) is 0 Å². The van der Waals surface area contributed by atoms with Crippen molar-refractivity contribution in [3.8, 4) is 0 Å². The first-order valence-corrected chi connectivity index (χ1v) is 8.25. The summed E-state index contributed by atoms with van der Waals surface area (Å²) in [7, 11) is 0. The number of aromatic carboxylic acids is 1. The summed E-state index contributed by atoms with van der Waals surface area (Å²) in [4.78, 5) is 22.4. The molecule has 0 saturated carbocycles. The van der Waals surface area contributed by atoms with Crippen LogP contribution in [0, 0.1) is 0 Å². The summed E-state index contributed by atoms with van der Waals surface area (Å²) in [5.74, 6) is 0.182. The number of thioether (sulfide) groups is 1. The third kappa shape index (κ3) is 4.24. The highest BCUT2D eigenvalue weighted by molar-refractivity contribution is 8.13. The second kappa shape index (κ2) is 6.98. The quantitative estimate of drug-likeness (QED) is 0.842. The molecule has 0 bridgehead atoms. The van der Waals surface area contributed by atoms with E-state index in [-0.39, 0.29) is 17.2 Å². The number of benzene rings is 1. The molecule has 4 nitrogen and oxygen atoms in total. The van der Waals surface area contributed by atoms with Gasteiger partial charge in [0.15, 0.2) is 0 Å². The van der Waals surface area contributed by atoms with Gasteiger partial charge < -0.3 is 10.4 Å². The molecule has 1 aliphatic rings. The first-order chi connectivity index (χ1) is 9.97. The number of nitrogens with one attached hydrogen (secondary N) is 1. The van der Waals surface area contributed by atoms with Crippen LogP contribution in [-0.2, 0) is 6.42 Å². The van der Waals surface area contributed by atoms with E-state index in [4.69, 9.17) is 0 Å². The summed E-state index contributed by atoms with van der Waals surface area (Å²) < 4.78 is 0. The second-order valence-corrected chi connectivity index (χ2v) is 6.71. The van der Waals surface area contributed by atoms with Crippen molar-refractivity contribution in [3.63, 3.8) is 0 Å². The smallest absolute Gasteiger partial charge is 0.335 e. The third-order valence-corrected chi connectivity index (χ3v) is 4.67. The highest BCUT2D eigenvalue weighted by Gasteiger charge is 2.21. The second-order valence-electron chi connectivity index (χ2n) is 5.71. The number of amides is 1. The van der Waals surface area contributed by atoms with E-state index >= 15 is 0 Å². The largest absolute Gasteiger partial charge is 0.478 e. The molecule has 114 valence electrons. The van der Waals surface area contributed by atoms with Gasteiger partial charge in [0.25, 0.3) is 5.24 Å². The van der Waals surface area contributed by atoms with Gasteiger partial charge in [-0.15, -0.1) is 0 Å². The Bertz CT molecular complexity index is 542. The van der Waals surface area contributed by atoms with Gasteiger partial charge in [-0.2, -0.15) is 0 Å². The molecule has 0 aromatic heterocycles. The van der Waals surface area contributed by atoms with Gasteiger partial charge in [-0.3, -0.25) is 4.79 Å². The molecule has 1 amide bonds. The number of carboxylic acids is 1. The van der Waals surface area contributed by atoms with E-state index in [0.717, 1.165) is 36.1 Å². The molecular formula is C16H21NO3S. The first-order valence-electron chi connectivity index (χ1n) is 7.26. The summed E-state index contributed by atoms with van der Waals surface area (Å²) in [5.41, 5.74) is 2.34. The van der Waals surface area contributed by atoms with Gasteiger partial charge in [-0.25, -0.2) is 4.79 Å². The molecule has 1 saturated heterocycles. The van der Waals surface area contributed by atoms with E-state index in [1.54, 1.807) is 6.07 Å². The Balaban J connectivity index is 1.96. The van der Waals surface area contributed by atoms with Crippen LogP contribution in [0.15, 0.2) is 18.2 Å². The molecule has 1 aliphatic heterocycles. The van der Waals surface area contributed by atoms with Crippen molar-refractivity contribution in [2.24, 2.45) is 0 Å². The predicted octanol–water partition coefficient (Wildman–Crippen LogP) is 3.66. The standard InChI is InChI=1S/C16H21NO3S/c1-10(2)13-7-6-11(8-14(13)15(18)19)4-3-5-12-9-21-16(20)17-12/h6-8,10,12H,3-5,9H2,1-2H3,(H,17,20)(H,18,19). The molecule has 1 aromatic rings. The minimum Gasteiger partial charge on any atom is -0.478 e. The van der Waals surface area contributed by atoms with Crippen LogP contribution in [0.1, 0.15) is 54.1 Å². The number of rotatable bonds is 6. The third-order valence-electron chi connectivity index (χ3n) is 3.73. The summed E-state index contributed by atoms with van der Waals surface area (Å²) in [6.45, 7) is 4.00. The number of carbonyl (C=O) groups excluding carboxylic acids is 1. The van der Waals surface area contributed by atoms with Crippen molar-refractivity contribution in [1.82, 2.24) is 5.32 Å². The number of hydrogen-bond donors (Lipinski definition) is 2. The van der Waals surface area contributed by atoms with Crippen LogP contribution >= 0.6 is 11.8 Å². The number of hydrogen-bond acceptors (Lipinski definition) is 3. The Hall–Kier alpha value is -1.49. The number of carboxylic acid groups (broad SMARTS) is 1. The molecular weight excluding hydrogens is 286 g/mol. The maximum atomic E-state index is 11.3. The van der Waals surface area contributed by atoms with Gasteiger partial charge in [-0.1, -0.05) is 37.7 Å². The lowest BCUT2D eigenvalue weighted by atomic mass is 9.93. The van der Waals surface area contributed by atoms with Gasteiger partial charge in [0.1, 0.15) is 0 Å². The SMILES string of the molecule is CC(C)c1ccc(CCCC2CSC(=O)N2)cc1C(=O)O. The molecule has 0 spiro atoms. The fourth-order valence-electron chi connectivity index (χ4n) is 2.58. The summed E-state index contributed by atoms with van der Waals surface area (Å²) in [6, 6.07) is 6.00. The van der Waals surface area contributed by atoms with E-state index in [0.29, 0.717) is 5.56 Å². The normalized spacial score (nSPS) is 18.0. The zero-order valence-corrected chi connectivity index (χ0v) is 13.2. The van der Waals surface area contributed by atoms with Gasteiger partial charge in [0.2, 0.25) is 0 Å². The lowest BCUT2D eigenvalue weighted by Gasteiger charge is -2.12. The van der Waals surface area contributed by atoms with Gasteiger partial charge >= 0.3 is 5.97 Å². The van der Waals surface area contributed by atoms with E-state index < -0.39 is 5.97 Å². The van der Waals surface area contributed by atoms with E-state index in [9.17, 15) is 14.7 Å². The fraction of sp³-hybridized carbons (Fsp3) is 0.500. The van der Waals surface area contributed by atoms with Gasteiger partial charge in [-0.05, 0) is 42.4 Å². The number of aryl methyl sites for hydroxylation is 1. The minimum absolute atomic E-state index is 0.0643. The molecule has 0 radical (unpaired) electrons. The Morgan fingerprint density at radius 2 is 2.24 bits per heavy atom. The fourth-order valence-corrected chi connectivity index (χ4v) is 3.43. The molecule has 1 fully saturated rings. The molecule has 21 heavy (non-hydrogen) atoms. The topological polar surface area (TPSA) is 66.4 Å². The van der Waals surface area contributed by atoms with Gasteiger partial charge in [0.05, 0.1) is 5.56 Å². The highest BCUT2D eigenvalue weighted by atomic mass is 32.2. The van der Waals surface area contributed by atoms with Crippen molar-refractivity contribution in [2.75, 3.05) is 5.75 Å². The molecule has 0 aliphatic carbocycles. The summed E-state index contributed by atoms with van der Waals surface area (Å²) >= 11 is 1.34. The molecule has 1 heterocycles. The summed E-state index contributed by atoms with van der Waals surface area (Å²) in [6.07, 6.45) is 2.73. The van der Waals surface area contributed by atoms with E-state index in [2.05, 4.69) is 5.32 Å². The lowest BCUT2D eigenvalue weighted by Crippen LogP contribution is -2.25. The van der Waals surface area contributed by atoms with Crippen molar-refractivity contribution >= 4 is 23.0 Å². The van der Waals surface area contributed by atoms with Gasteiger partial charge in [0, 0.05) is 11.8 Å². The van der Waals surface area contributed by atoms with Crippen LogP contribution in [0.25, 0.3) is 0 Å². The average molecular weight is 307 g/mol. The molecule has 1 atom stereocenters. The predicted molar refractivity (Wildman–Crippen MR) is 85.2 cm³/mol. The minimum atomic E-state index is -0.861. The Morgan fingerprint density at radius 1 is 1.48 bits per heavy atom. The van der Waals surface area contributed by atoms with E-state index in [1.165, 1.54) is 11.8 Å². The van der Waals surface area contributed by atoms with Crippen LogP contribution in [0.2, 0.25) is 0 Å². The number of carbonyl (C=O) groups is 2. The molecule has 2 rings (SSSR count). The Labute approximate surface area is 129 Å². The van der Waals surface area contributed by atoms with Crippen LogP contribution in [0.3, 0.4) is 0 Å². The van der Waals surface area contributed by atoms with E-state index in [1.807, 2.05) is 26.0 Å². The van der Waals surface area contributed by atoms with Crippen molar-refractivity contribution in [1.29, 1.82) is 0 Å². The Morgan fingerprint density at radius 3 is 2.81 bits per heavy atom. The Kier molecular flexibility index (Phi) is 5.28. The van der Waals surface area contributed by atoms with Crippen LogP contribution in [0.4, 0.5) is 4.79 Å². The lowest BCUT2D eigenvalue weighted by molar-refractivity contribution is 0.0695. The average Bonchev–Trinajstić information content (AvgIpc) is 2.84. The first kappa shape index (κ1) is 15.9. The molecule has 1 aromatic carbocycles. The summed E-state index contributed by atoms with van der Waals surface area (Å²) in [5, 5.41) is 12.3. The molecule has 2 N–H and O–H groups in total. The maximum Gasteiger partial charge on any atom is 0.335 e. The van der Waals surface area contributed by atoms with Crippen molar-refractivity contribution < 1.29 is 14.7 Å². The zero-order valence-electron chi connectivity index (χ0n) is 12.4. The molecule has 5 heteroatoms. The monoisotopic (exact) mass is 307 g/mol. The van der Waals surface area contributed by atoms with Crippen molar-refractivity contribution in [2.45, 2.75) is 45.1 Å². The zero-order chi connectivity index (χ0) is 15.4. The van der Waals surface area contributed by atoms with Crippen molar-refractivity contribution in [3.05, 3.63) is 34.9 Å².